The number of amides is 3. The summed E-state index contributed by atoms with van der Waals surface area (Å²) < 4.78 is 33.0. The molecular formula is C32H42N6O6S. The zero-order valence-corrected chi connectivity index (χ0v) is 27.7. The Morgan fingerprint density at radius 3 is 2.36 bits per heavy atom. The fourth-order valence-corrected chi connectivity index (χ4v) is 9.02. The standard InChI is InChI=1S/C32H42N6O6S/c1-30(2,3)44-29(41)38-18-23(19-38)15-31(4,5)45(42,43)32(12-13-32)20-37-14-11-24-25(35-36(6)26(24)28(37)40)27(39)34-17-22-9-7-21(16-33)8-10-22/h7-10,23H,11-15,17-20H2,1-6H3,(H,34,39). The van der Waals surface area contributed by atoms with E-state index in [0.717, 1.165) is 5.56 Å². The Kier molecular flexibility index (Phi) is 8.27. The Hall–Kier alpha value is -3.92. The van der Waals surface area contributed by atoms with Gasteiger partial charge in [0, 0.05) is 45.3 Å². The van der Waals surface area contributed by atoms with Gasteiger partial charge in [-0.1, -0.05) is 12.1 Å². The molecule has 2 aliphatic heterocycles. The summed E-state index contributed by atoms with van der Waals surface area (Å²) in [7, 11) is -2.04. The molecule has 0 radical (unpaired) electrons. The lowest BCUT2D eigenvalue weighted by Crippen LogP contribution is -2.56. The highest BCUT2D eigenvalue weighted by atomic mass is 32.2. The molecule has 1 aromatic heterocycles. The van der Waals surface area contributed by atoms with Gasteiger partial charge in [-0.05, 0) is 83.9 Å². The third kappa shape index (κ3) is 6.30. The van der Waals surface area contributed by atoms with Crippen LogP contribution in [0.4, 0.5) is 4.79 Å². The van der Waals surface area contributed by atoms with Crippen molar-refractivity contribution in [1.82, 2.24) is 24.9 Å². The van der Waals surface area contributed by atoms with Gasteiger partial charge in [0.25, 0.3) is 11.8 Å². The predicted molar refractivity (Wildman–Crippen MR) is 166 cm³/mol. The van der Waals surface area contributed by atoms with Crippen molar-refractivity contribution in [3.8, 4) is 6.07 Å². The first-order valence-corrected chi connectivity index (χ1v) is 16.8. The molecule has 1 saturated carbocycles. The number of ether oxygens (including phenoxy) is 1. The lowest BCUT2D eigenvalue weighted by Gasteiger charge is -2.43. The first-order chi connectivity index (χ1) is 21.0. The molecule has 5 rings (SSSR count). The number of aromatic nitrogens is 2. The van der Waals surface area contributed by atoms with E-state index in [2.05, 4.69) is 16.5 Å². The number of hydrogen-bond acceptors (Lipinski definition) is 8. The molecule has 0 bridgehead atoms. The molecule has 3 aliphatic rings. The molecule has 1 N–H and O–H groups in total. The average Bonchev–Trinajstić information content (AvgIpc) is 3.65. The van der Waals surface area contributed by atoms with Crippen molar-refractivity contribution in [3.05, 3.63) is 52.3 Å². The summed E-state index contributed by atoms with van der Waals surface area (Å²) >= 11 is 0. The van der Waals surface area contributed by atoms with E-state index >= 15 is 0 Å². The molecule has 0 unspecified atom stereocenters. The fraction of sp³-hybridized carbons (Fsp3) is 0.594. The Labute approximate surface area is 264 Å². The van der Waals surface area contributed by atoms with E-state index in [4.69, 9.17) is 10.00 Å². The number of aryl methyl sites for hydroxylation is 1. The van der Waals surface area contributed by atoms with Crippen molar-refractivity contribution in [2.24, 2.45) is 13.0 Å². The van der Waals surface area contributed by atoms with Crippen molar-refractivity contribution >= 4 is 27.7 Å². The molecule has 2 aromatic rings. The third-order valence-corrected chi connectivity index (χ3v) is 12.3. The molecule has 12 nitrogen and oxygen atoms in total. The fourth-order valence-electron chi connectivity index (χ4n) is 6.43. The van der Waals surface area contributed by atoms with Gasteiger partial charge in [-0.3, -0.25) is 14.3 Å². The highest BCUT2D eigenvalue weighted by molar-refractivity contribution is 7.94. The van der Waals surface area contributed by atoms with Gasteiger partial charge in [0.15, 0.2) is 15.5 Å². The first-order valence-electron chi connectivity index (χ1n) is 15.3. The normalized spacial score (nSPS) is 18.1. The maximum Gasteiger partial charge on any atom is 0.410 e. The second-order valence-corrected chi connectivity index (χ2v) is 17.1. The van der Waals surface area contributed by atoms with Crippen LogP contribution in [0, 0.1) is 17.2 Å². The highest BCUT2D eigenvalue weighted by Crippen LogP contribution is 2.51. The molecule has 3 heterocycles. The Morgan fingerprint density at radius 2 is 1.78 bits per heavy atom. The lowest BCUT2D eigenvalue weighted by atomic mass is 9.90. The number of nitrogens with one attached hydrogen (secondary N) is 1. The van der Waals surface area contributed by atoms with Gasteiger partial charge >= 0.3 is 6.09 Å². The number of fused-ring (bicyclic) bond motifs is 1. The number of hydrogen-bond donors (Lipinski definition) is 1. The van der Waals surface area contributed by atoms with Crippen molar-refractivity contribution in [2.45, 2.75) is 81.9 Å². The average molecular weight is 639 g/mol. The van der Waals surface area contributed by atoms with E-state index in [-0.39, 0.29) is 36.7 Å². The first kappa shape index (κ1) is 32.5. The Bertz CT molecular complexity index is 1650. The van der Waals surface area contributed by atoms with Crippen LogP contribution >= 0.6 is 0 Å². The summed E-state index contributed by atoms with van der Waals surface area (Å²) in [6, 6.07) is 8.95. The topological polar surface area (TPSA) is 155 Å². The van der Waals surface area contributed by atoms with Crippen LogP contribution in [0.2, 0.25) is 0 Å². The number of likely N-dealkylation sites (tertiary alicyclic amines) is 1. The molecule has 13 heteroatoms. The number of benzene rings is 1. The van der Waals surface area contributed by atoms with Crippen molar-refractivity contribution < 1.29 is 27.5 Å². The van der Waals surface area contributed by atoms with E-state index < -0.39 is 30.8 Å². The minimum atomic E-state index is -3.65. The lowest BCUT2D eigenvalue weighted by molar-refractivity contribution is -0.00330. The van der Waals surface area contributed by atoms with Crippen LogP contribution in [0.5, 0.6) is 0 Å². The second kappa shape index (κ2) is 11.5. The van der Waals surface area contributed by atoms with E-state index in [1.54, 1.807) is 55.0 Å². The number of carbonyl (C=O) groups is 3. The molecule has 0 spiro atoms. The molecule has 1 aromatic carbocycles. The number of rotatable bonds is 9. The van der Waals surface area contributed by atoms with Crippen LogP contribution in [0.25, 0.3) is 0 Å². The van der Waals surface area contributed by atoms with Gasteiger partial charge in [-0.2, -0.15) is 10.4 Å². The summed E-state index contributed by atoms with van der Waals surface area (Å²) in [5.74, 6) is -0.682. The molecular weight excluding hydrogens is 596 g/mol. The van der Waals surface area contributed by atoms with E-state index in [1.165, 1.54) is 4.68 Å². The van der Waals surface area contributed by atoms with Crippen molar-refractivity contribution in [2.75, 3.05) is 26.2 Å². The number of carbonyl (C=O) groups excluding carboxylic acids is 3. The largest absolute Gasteiger partial charge is 0.444 e. The number of nitriles is 1. The van der Waals surface area contributed by atoms with Gasteiger partial charge in [0.1, 0.15) is 11.3 Å². The Morgan fingerprint density at radius 1 is 1.13 bits per heavy atom. The van der Waals surface area contributed by atoms with E-state index in [1.807, 2.05) is 20.8 Å². The van der Waals surface area contributed by atoms with E-state index in [0.29, 0.717) is 62.1 Å². The molecule has 45 heavy (non-hydrogen) atoms. The zero-order valence-electron chi connectivity index (χ0n) is 26.8. The summed E-state index contributed by atoms with van der Waals surface area (Å²) in [4.78, 5) is 42.3. The summed E-state index contributed by atoms with van der Waals surface area (Å²) in [5, 5.41) is 16.2. The summed E-state index contributed by atoms with van der Waals surface area (Å²) in [5.41, 5.74) is 1.81. The van der Waals surface area contributed by atoms with Gasteiger partial charge in [0.05, 0.1) is 21.1 Å². The molecule has 1 aliphatic carbocycles. The third-order valence-electron chi connectivity index (χ3n) is 8.99. The Balaban J connectivity index is 1.22. The maximum absolute atomic E-state index is 14.1. The zero-order chi connectivity index (χ0) is 32.9. The molecule has 2 fully saturated rings. The molecule has 0 atom stereocenters. The monoisotopic (exact) mass is 638 g/mol. The van der Waals surface area contributed by atoms with E-state index in [9.17, 15) is 22.8 Å². The van der Waals surface area contributed by atoms with Gasteiger partial charge in [-0.15, -0.1) is 0 Å². The van der Waals surface area contributed by atoms with Crippen molar-refractivity contribution in [3.63, 3.8) is 0 Å². The van der Waals surface area contributed by atoms with Crippen LogP contribution in [-0.2, 0) is 34.6 Å². The van der Waals surface area contributed by atoms with Crippen molar-refractivity contribution in [1.29, 1.82) is 5.26 Å². The number of sulfone groups is 1. The second-order valence-electron chi connectivity index (χ2n) is 14.2. The van der Waals surface area contributed by atoms with Gasteiger partial charge in [-0.25, -0.2) is 13.2 Å². The predicted octanol–water partition coefficient (Wildman–Crippen LogP) is 3.20. The van der Waals surface area contributed by atoms with Crippen LogP contribution < -0.4 is 5.32 Å². The smallest absolute Gasteiger partial charge is 0.410 e. The maximum atomic E-state index is 14.1. The highest BCUT2D eigenvalue weighted by Gasteiger charge is 2.61. The minimum Gasteiger partial charge on any atom is -0.444 e. The minimum absolute atomic E-state index is 0.0493. The van der Waals surface area contributed by atoms with Gasteiger partial charge in [0.2, 0.25) is 0 Å². The van der Waals surface area contributed by atoms with Crippen LogP contribution in [0.15, 0.2) is 24.3 Å². The van der Waals surface area contributed by atoms with Crippen LogP contribution in [0.1, 0.15) is 91.5 Å². The molecule has 3 amide bonds. The van der Waals surface area contributed by atoms with Gasteiger partial charge < -0.3 is 19.9 Å². The SMILES string of the molecule is Cn1nc(C(=O)NCc2ccc(C#N)cc2)c2c1C(=O)N(CC1(S(=O)(=O)C(C)(C)CC3CN(C(=O)OC(C)(C)C)C3)CC1)CC2. The van der Waals surface area contributed by atoms with Crippen LogP contribution in [0.3, 0.4) is 0 Å². The summed E-state index contributed by atoms with van der Waals surface area (Å²) in [6.45, 7) is 10.5. The molecule has 1 saturated heterocycles. The summed E-state index contributed by atoms with van der Waals surface area (Å²) in [6.07, 6.45) is 1.38. The number of nitrogens with zero attached hydrogens (tertiary/aromatic N) is 5. The van der Waals surface area contributed by atoms with Crippen LogP contribution in [-0.4, -0.2) is 87.2 Å². The molecule has 242 valence electrons. The quantitative estimate of drug-likeness (QED) is 0.439.